The van der Waals surface area contributed by atoms with E-state index >= 15 is 0 Å². The van der Waals surface area contributed by atoms with E-state index in [9.17, 15) is 13.2 Å². The second-order valence-corrected chi connectivity index (χ2v) is 11.8. The molecule has 3 N–H and O–H groups in total. The van der Waals surface area contributed by atoms with Gasteiger partial charge >= 0.3 is 0 Å². The van der Waals surface area contributed by atoms with Crippen LogP contribution in [-0.4, -0.2) is 34.8 Å². The molecule has 11 heteroatoms. The van der Waals surface area contributed by atoms with Crippen molar-refractivity contribution in [2.24, 2.45) is 11.7 Å². The van der Waals surface area contributed by atoms with Gasteiger partial charge in [-0.1, -0.05) is 74.3 Å². The molecule has 35 heavy (non-hydrogen) atoms. The average Bonchev–Trinajstić information content (AvgIpc) is 3.23. The predicted octanol–water partition coefficient (Wildman–Crippen LogP) is 5.36. The highest BCUT2D eigenvalue weighted by Crippen LogP contribution is 2.32. The van der Waals surface area contributed by atoms with Gasteiger partial charge in [0.05, 0.1) is 21.4 Å². The molecular weight excluding hydrogens is 506 g/mol. The Morgan fingerprint density at radius 2 is 1.86 bits per heavy atom. The van der Waals surface area contributed by atoms with E-state index in [0.717, 1.165) is 19.3 Å². The van der Waals surface area contributed by atoms with Crippen LogP contribution in [0.5, 0.6) is 0 Å². The van der Waals surface area contributed by atoms with E-state index in [4.69, 9.17) is 17.3 Å². The summed E-state index contributed by atoms with van der Waals surface area (Å²) in [6.45, 7) is 6.44. The van der Waals surface area contributed by atoms with Crippen LogP contribution in [-0.2, 0) is 14.8 Å². The molecule has 188 valence electrons. The highest BCUT2D eigenvalue weighted by molar-refractivity contribution is 7.99. The van der Waals surface area contributed by atoms with Gasteiger partial charge < -0.3 is 5.73 Å². The minimum Gasteiger partial charge on any atom is -0.369 e. The Morgan fingerprint density at radius 1 is 1.11 bits per heavy atom. The molecule has 0 aliphatic heterocycles. The third-order valence-corrected chi connectivity index (χ3v) is 8.03. The summed E-state index contributed by atoms with van der Waals surface area (Å²) in [6.07, 6.45) is 3.00. The first-order valence-corrected chi connectivity index (χ1v) is 14.2. The van der Waals surface area contributed by atoms with Gasteiger partial charge in [0, 0.05) is 11.6 Å². The molecule has 0 aliphatic carbocycles. The van der Waals surface area contributed by atoms with Crippen LogP contribution in [0.25, 0.3) is 11.4 Å². The van der Waals surface area contributed by atoms with Crippen molar-refractivity contribution >= 4 is 45.0 Å². The largest absolute Gasteiger partial charge is 0.369 e. The highest BCUT2D eigenvalue weighted by Gasteiger charge is 2.22. The molecule has 0 saturated carbocycles. The molecule has 1 heterocycles. The number of thioether (sulfide) groups is 1. The Hall–Kier alpha value is -2.56. The topological polar surface area (TPSA) is 120 Å². The maximum Gasteiger partial charge on any atom is 0.261 e. The standard InChI is InChI=1S/C24H30ClN5O3S2/c1-16(2)8-6-9-17(3)30-23(27-28-24(30)34-15-22(26)31)18-10-7-11-19(14-18)35(32,33)29-21-13-5-4-12-20(21)25/h4-5,7,10-14,16-17,29H,6,8-9,15H2,1-3H3,(H2,26,31)/t17-/m1/s1. The number of sulfonamides is 1. The Labute approximate surface area is 215 Å². The van der Waals surface area contributed by atoms with Crippen molar-refractivity contribution in [1.29, 1.82) is 0 Å². The van der Waals surface area contributed by atoms with Crippen molar-refractivity contribution in [3.05, 3.63) is 53.6 Å². The molecule has 0 aliphatic rings. The number of amides is 1. The normalized spacial score (nSPS) is 12.6. The SMILES string of the molecule is CC(C)CCC[C@@H](C)n1c(SCC(N)=O)nnc1-c1cccc(S(=O)(=O)Nc2ccccc2Cl)c1. The smallest absolute Gasteiger partial charge is 0.261 e. The quantitative estimate of drug-likeness (QED) is 0.301. The number of aromatic nitrogens is 3. The Kier molecular flexibility index (Phi) is 9.21. The van der Waals surface area contributed by atoms with Crippen LogP contribution in [0.1, 0.15) is 46.1 Å². The summed E-state index contributed by atoms with van der Waals surface area (Å²) in [4.78, 5) is 11.4. The summed E-state index contributed by atoms with van der Waals surface area (Å²) in [5, 5.41) is 9.51. The molecule has 0 unspecified atom stereocenters. The molecule has 1 aromatic heterocycles. The first-order valence-electron chi connectivity index (χ1n) is 11.3. The lowest BCUT2D eigenvalue weighted by atomic mass is 10.0. The molecule has 1 amide bonds. The van der Waals surface area contributed by atoms with Crippen LogP contribution in [0.15, 0.2) is 58.6 Å². The van der Waals surface area contributed by atoms with E-state index in [1.807, 2.05) is 4.57 Å². The lowest BCUT2D eigenvalue weighted by Crippen LogP contribution is -2.15. The summed E-state index contributed by atoms with van der Waals surface area (Å²) in [7, 11) is -3.90. The second-order valence-electron chi connectivity index (χ2n) is 8.72. The number of para-hydroxylation sites is 1. The van der Waals surface area contributed by atoms with Crippen molar-refractivity contribution in [3.8, 4) is 11.4 Å². The van der Waals surface area contributed by atoms with Crippen LogP contribution in [0.3, 0.4) is 0 Å². The van der Waals surface area contributed by atoms with Gasteiger partial charge in [0.2, 0.25) is 5.91 Å². The van der Waals surface area contributed by atoms with Crippen molar-refractivity contribution < 1.29 is 13.2 Å². The van der Waals surface area contributed by atoms with Gasteiger partial charge in [0.25, 0.3) is 10.0 Å². The van der Waals surface area contributed by atoms with Crippen LogP contribution < -0.4 is 10.5 Å². The number of benzene rings is 2. The van der Waals surface area contributed by atoms with Crippen molar-refractivity contribution in [3.63, 3.8) is 0 Å². The third-order valence-electron chi connectivity index (χ3n) is 5.37. The number of halogens is 1. The van der Waals surface area contributed by atoms with E-state index in [2.05, 4.69) is 35.7 Å². The van der Waals surface area contributed by atoms with Crippen LogP contribution in [0, 0.1) is 5.92 Å². The van der Waals surface area contributed by atoms with Gasteiger partial charge in [-0.05, 0) is 43.5 Å². The molecule has 0 bridgehead atoms. The third kappa shape index (κ3) is 7.22. The summed E-state index contributed by atoms with van der Waals surface area (Å²) in [5.41, 5.74) is 6.24. The van der Waals surface area contributed by atoms with E-state index in [1.54, 1.807) is 42.5 Å². The van der Waals surface area contributed by atoms with Crippen LogP contribution in [0.4, 0.5) is 5.69 Å². The van der Waals surface area contributed by atoms with Gasteiger partial charge in [0.15, 0.2) is 11.0 Å². The number of carbonyl (C=O) groups excluding carboxylic acids is 1. The Morgan fingerprint density at radius 3 is 2.54 bits per heavy atom. The minimum atomic E-state index is -3.90. The molecule has 3 rings (SSSR count). The van der Waals surface area contributed by atoms with Crippen molar-refractivity contribution in [2.45, 2.75) is 56.1 Å². The highest BCUT2D eigenvalue weighted by atomic mass is 35.5. The summed E-state index contributed by atoms with van der Waals surface area (Å²) in [6, 6.07) is 13.2. The molecule has 0 spiro atoms. The molecular formula is C24H30ClN5O3S2. The van der Waals surface area contributed by atoms with Crippen molar-refractivity contribution in [1.82, 2.24) is 14.8 Å². The van der Waals surface area contributed by atoms with E-state index in [-0.39, 0.29) is 16.7 Å². The lowest BCUT2D eigenvalue weighted by Gasteiger charge is -2.19. The first kappa shape index (κ1) is 27.0. The molecule has 0 radical (unpaired) electrons. The zero-order valence-corrected chi connectivity index (χ0v) is 22.3. The molecule has 8 nitrogen and oxygen atoms in total. The van der Waals surface area contributed by atoms with Crippen LogP contribution >= 0.6 is 23.4 Å². The Bertz CT molecular complexity index is 1280. The fraction of sp³-hybridized carbons (Fsp3) is 0.375. The monoisotopic (exact) mass is 535 g/mol. The number of nitrogens with two attached hydrogens (primary N) is 1. The Balaban J connectivity index is 1.96. The number of hydrogen-bond acceptors (Lipinski definition) is 6. The molecule has 3 aromatic rings. The zero-order valence-electron chi connectivity index (χ0n) is 19.9. The lowest BCUT2D eigenvalue weighted by molar-refractivity contribution is -0.115. The maximum atomic E-state index is 13.1. The van der Waals surface area contributed by atoms with Gasteiger partial charge in [-0.3, -0.25) is 14.1 Å². The molecule has 2 aromatic carbocycles. The number of primary amides is 1. The fourth-order valence-corrected chi connectivity index (χ4v) is 5.75. The minimum absolute atomic E-state index is 0.0376. The number of carbonyl (C=O) groups is 1. The van der Waals surface area contributed by atoms with Gasteiger partial charge in [-0.25, -0.2) is 8.42 Å². The first-order chi connectivity index (χ1) is 16.6. The van der Waals surface area contributed by atoms with Gasteiger partial charge in [0.1, 0.15) is 0 Å². The summed E-state index contributed by atoms with van der Waals surface area (Å²) >= 11 is 7.35. The van der Waals surface area contributed by atoms with Gasteiger partial charge in [-0.2, -0.15) is 0 Å². The maximum absolute atomic E-state index is 13.1. The summed E-state index contributed by atoms with van der Waals surface area (Å²) in [5.74, 6) is 0.757. The van der Waals surface area contributed by atoms with E-state index in [0.29, 0.717) is 33.2 Å². The van der Waals surface area contributed by atoms with Gasteiger partial charge in [-0.15, -0.1) is 10.2 Å². The predicted molar refractivity (Wildman–Crippen MR) is 141 cm³/mol. The second kappa shape index (κ2) is 11.9. The fourth-order valence-electron chi connectivity index (χ4n) is 3.61. The molecule has 0 fully saturated rings. The number of nitrogens with one attached hydrogen (secondary N) is 1. The zero-order chi connectivity index (χ0) is 25.6. The summed E-state index contributed by atoms with van der Waals surface area (Å²) < 4.78 is 30.6. The number of hydrogen-bond donors (Lipinski definition) is 2. The number of rotatable bonds is 12. The average molecular weight is 536 g/mol. The molecule has 1 atom stereocenters. The van der Waals surface area contributed by atoms with Crippen molar-refractivity contribution in [2.75, 3.05) is 10.5 Å². The molecule has 0 saturated heterocycles. The van der Waals surface area contributed by atoms with Crippen LogP contribution in [0.2, 0.25) is 5.02 Å². The van der Waals surface area contributed by atoms with E-state index in [1.165, 1.54) is 17.8 Å². The van der Waals surface area contributed by atoms with E-state index < -0.39 is 15.9 Å². The number of anilines is 1. The number of nitrogens with zero attached hydrogens (tertiary/aromatic N) is 3.